The maximum absolute atomic E-state index is 13.6. The Labute approximate surface area is 202 Å². The largest absolute Gasteiger partial charge is 0.338 e. The van der Waals surface area contributed by atoms with Crippen molar-refractivity contribution in [1.29, 1.82) is 0 Å². The molecule has 178 valence electrons. The van der Waals surface area contributed by atoms with Gasteiger partial charge in [-0.05, 0) is 90.7 Å². The Morgan fingerprint density at radius 3 is 2.59 bits per heavy atom. The zero-order valence-corrected chi connectivity index (χ0v) is 20.6. The van der Waals surface area contributed by atoms with Crippen molar-refractivity contribution in [3.63, 3.8) is 0 Å². The summed E-state index contributed by atoms with van der Waals surface area (Å²) < 4.78 is 0. The number of amides is 2. The van der Waals surface area contributed by atoms with Gasteiger partial charge in [-0.2, -0.15) is 0 Å². The lowest BCUT2D eigenvalue weighted by atomic mass is 9.47. The van der Waals surface area contributed by atoms with E-state index >= 15 is 0 Å². The Bertz CT molecular complexity index is 1190. The highest BCUT2D eigenvalue weighted by Crippen LogP contribution is 2.65. The molecule has 1 heterocycles. The standard InChI is InChI=1S/C30H36N2O2/c1-29-16-14-24-22(10-13-26-30(24,2)17-15-27(33)32(26)3)23(29)11-12-25(29)28(34)31-21-9-8-19-6-4-5-7-20(19)18-21/h4-9,15,17-18,22-26H,10-14,16H2,1-3H3,(H,31,34)/t22-,23-,24-,25+,26+,29-,30+/m0/s1. The molecule has 1 aliphatic heterocycles. The molecular formula is C30H36N2O2. The van der Waals surface area contributed by atoms with E-state index in [0.29, 0.717) is 23.8 Å². The third-order valence-electron chi connectivity index (χ3n) is 10.5. The molecule has 2 aromatic carbocycles. The summed E-state index contributed by atoms with van der Waals surface area (Å²) in [6.07, 6.45) is 10.7. The van der Waals surface area contributed by atoms with Gasteiger partial charge in [-0.15, -0.1) is 0 Å². The van der Waals surface area contributed by atoms with E-state index in [1.54, 1.807) is 6.08 Å². The lowest BCUT2D eigenvalue weighted by Crippen LogP contribution is -2.59. The van der Waals surface area contributed by atoms with Crippen LogP contribution in [-0.2, 0) is 9.59 Å². The maximum atomic E-state index is 13.6. The average Bonchev–Trinajstić information content (AvgIpc) is 3.19. The molecule has 0 bridgehead atoms. The molecule has 0 spiro atoms. The molecule has 4 aliphatic rings. The third kappa shape index (κ3) is 3.10. The van der Waals surface area contributed by atoms with E-state index in [0.717, 1.165) is 43.2 Å². The second-order valence-electron chi connectivity index (χ2n) is 11.8. The highest BCUT2D eigenvalue weighted by atomic mass is 16.2. The van der Waals surface area contributed by atoms with Gasteiger partial charge in [0.05, 0.1) is 0 Å². The Morgan fingerprint density at radius 1 is 0.971 bits per heavy atom. The summed E-state index contributed by atoms with van der Waals surface area (Å²) in [5, 5.41) is 5.63. The summed E-state index contributed by atoms with van der Waals surface area (Å²) in [5.74, 6) is 2.24. The number of nitrogens with zero attached hydrogens (tertiary/aromatic N) is 1. The van der Waals surface area contributed by atoms with E-state index in [-0.39, 0.29) is 28.6 Å². The van der Waals surface area contributed by atoms with Crippen molar-refractivity contribution in [2.75, 3.05) is 12.4 Å². The summed E-state index contributed by atoms with van der Waals surface area (Å²) >= 11 is 0. The topological polar surface area (TPSA) is 49.4 Å². The second-order valence-corrected chi connectivity index (χ2v) is 11.8. The second kappa shape index (κ2) is 7.69. The first-order valence-electron chi connectivity index (χ1n) is 13.1. The Kier molecular flexibility index (Phi) is 4.95. The number of rotatable bonds is 2. The predicted molar refractivity (Wildman–Crippen MR) is 136 cm³/mol. The van der Waals surface area contributed by atoms with Gasteiger partial charge in [0, 0.05) is 30.1 Å². The molecule has 0 saturated heterocycles. The van der Waals surface area contributed by atoms with Crippen LogP contribution in [0.2, 0.25) is 0 Å². The van der Waals surface area contributed by atoms with Gasteiger partial charge in [0.15, 0.2) is 0 Å². The van der Waals surface area contributed by atoms with Crippen LogP contribution in [0.15, 0.2) is 54.6 Å². The van der Waals surface area contributed by atoms with Crippen LogP contribution in [0.3, 0.4) is 0 Å². The number of nitrogens with one attached hydrogen (secondary N) is 1. The number of anilines is 1. The number of hydrogen-bond donors (Lipinski definition) is 1. The normalized spacial score (nSPS) is 38.9. The molecule has 6 rings (SSSR count). The molecule has 2 amide bonds. The molecule has 1 N–H and O–H groups in total. The number of likely N-dealkylation sites (N-methyl/N-ethyl adjacent to an activating group) is 1. The molecule has 2 aromatic rings. The van der Waals surface area contributed by atoms with Crippen LogP contribution >= 0.6 is 0 Å². The first-order valence-corrected chi connectivity index (χ1v) is 13.1. The van der Waals surface area contributed by atoms with E-state index in [9.17, 15) is 9.59 Å². The van der Waals surface area contributed by atoms with Crippen molar-refractivity contribution in [2.24, 2.45) is 34.5 Å². The fraction of sp³-hybridized carbons (Fsp3) is 0.533. The minimum absolute atomic E-state index is 0.0539. The Balaban J connectivity index is 1.23. The van der Waals surface area contributed by atoms with Crippen molar-refractivity contribution < 1.29 is 9.59 Å². The lowest BCUT2D eigenvalue weighted by molar-refractivity contribution is -0.141. The highest BCUT2D eigenvalue weighted by Gasteiger charge is 2.61. The fourth-order valence-corrected chi connectivity index (χ4v) is 8.67. The molecule has 0 aromatic heterocycles. The molecular weight excluding hydrogens is 420 g/mol. The van der Waals surface area contributed by atoms with Crippen LogP contribution in [0.25, 0.3) is 10.8 Å². The number of fused-ring (bicyclic) bond motifs is 6. The van der Waals surface area contributed by atoms with E-state index in [4.69, 9.17) is 0 Å². The van der Waals surface area contributed by atoms with Crippen molar-refractivity contribution in [3.05, 3.63) is 54.6 Å². The summed E-state index contributed by atoms with van der Waals surface area (Å²) in [4.78, 5) is 27.9. The van der Waals surface area contributed by atoms with Gasteiger partial charge in [-0.25, -0.2) is 0 Å². The molecule has 0 radical (unpaired) electrons. The van der Waals surface area contributed by atoms with Crippen LogP contribution in [0.4, 0.5) is 5.69 Å². The first kappa shape index (κ1) is 21.9. The van der Waals surface area contributed by atoms with Crippen LogP contribution in [-0.4, -0.2) is 29.8 Å². The van der Waals surface area contributed by atoms with E-state index in [1.165, 1.54) is 11.8 Å². The minimum atomic E-state index is 0.0539. The van der Waals surface area contributed by atoms with Gasteiger partial charge in [-0.1, -0.05) is 50.3 Å². The zero-order chi connectivity index (χ0) is 23.7. The van der Waals surface area contributed by atoms with Crippen LogP contribution in [0.5, 0.6) is 0 Å². The number of carbonyl (C=O) groups excluding carboxylic acids is 2. The van der Waals surface area contributed by atoms with Crippen LogP contribution < -0.4 is 5.32 Å². The molecule has 3 fully saturated rings. The van der Waals surface area contributed by atoms with E-state index in [1.807, 2.05) is 30.1 Å². The number of benzene rings is 2. The van der Waals surface area contributed by atoms with Gasteiger partial charge < -0.3 is 10.2 Å². The minimum Gasteiger partial charge on any atom is -0.338 e. The van der Waals surface area contributed by atoms with Gasteiger partial charge >= 0.3 is 0 Å². The average molecular weight is 457 g/mol. The molecule has 3 saturated carbocycles. The van der Waals surface area contributed by atoms with Crippen LogP contribution in [0.1, 0.15) is 52.4 Å². The van der Waals surface area contributed by atoms with Crippen molar-refractivity contribution in [1.82, 2.24) is 4.90 Å². The van der Waals surface area contributed by atoms with Gasteiger partial charge in [-0.3, -0.25) is 9.59 Å². The lowest BCUT2D eigenvalue weighted by Gasteiger charge is -2.60. The molecule has 4 nitrogen and oxygen atoms in total. The molecule has 3 aliphatic carbocycles. The van der Waals surface area contributed by atoms with Crippen molar-refractivity contribution >= 4 is 28.3 Å². The monoisotopic (exact) mass is 456 g/mol. The van der Waals surface area contributed by atoms with Gasteiger partial charge in [0.1, 0.15) is 0 Å². The quantitative estimate of drug-likeness (QED) is 0.599. The van der Waals surface area contributed by atoms with Crippen molar-refractivity contribution in [3.8, 4) is 0 Å². The fourth-order valence-electron chi connectivity index (χ4n) is 8.67. The summed E-state index contributed by atoms with van der Waals surface area (Å²) in [6.45, 7) is 4.78. The van der Waals surface area contributed by atoms with Gasteiger partial charge in [0.25, 0.3) is 0 Å². The molecule has 4 heteroatoms. The Hall–Kier alpha value is -2.62. The zero-order valence-electron chi connectivity index (χ0n) is 20.6. The van der Waals surface area contributed by atoms with Gasteiger partial charge in [0.2, 0.25) is 11.8 Å². The molecule has 7 atom stereocenters. The van der Waals surface area contributed by atoms with E-state index in [2.05, 4.69) is 49.5 Å². The number of hydrogen-bond acceptors (Lipinski definition) is 2. The SMILES string of the molecule is CN1C(=O)C=C[C@]2(C)[C@H]3CC[C@]4(C)[C@@H](C(=O)Nc5ccc6ccccc6c5)CC[C@H]4[C@@H]3CC[C@@H]12. The van der Waals surface area contributed by atoms with Crippen LogP contribution in [0, 0.1) is 34.5 Å². The van der Waals surface area contributed by atoms with E-state index < -0.39 is 0 Å². The van der Waals surface area contributed by atoms with Crippen molar-refractivity contribution in [2.45, 2.75) is 58.4 Å². The molecule has 0 unspecified atom stereocenters. The first-order chi connectivity index (χ1) is 16.3. The smallest absolute Gasteiger partial charge is 0.246 e. The summed E-state index contributed by atoms with van der Waals surface area (Å²) in [7, 11) is 1.98. The summed E-state index contributed by atoms with van der Waals surface area (Å²) in [6, 6.07) is 14.8. The summed E-state index contributed by atoms with van der Waals surface area (Å²) in [5.41, 5.74) is 1.02. The predicted octanol–water partition coefficient (Wildman–Crippen LogP) is 6.03. The maximum Gasteiger partial charge on any atom is 0.246 e. The molecule has 34 heavy (non-hydrogen) atoms. The third-order valence-corrected chi connectivity index (χ3v) is 10.5. The number of carbonyl (C=O) groups is 2. The Morgan fingerprint density at radius 2 is 1.76 bits per heavy atom. The highest BCUT2D eigenvalue weighted by molar-refractivity contribution is 5.96.